The SMILES string of the molecule is COCCOCc1ccc(Br)[n+]([O-])c1. The molecule has 0 aromatic carbocycles. The Morgan fingerprint density at radius 2 is 2.21 bits per heavy atom. The standard InChI is InChI=1S/C9H12BrNO3/c1-13-4-5-14-7-8-2-3-9(10)11(12)6-8/h2-3,6H,4-5,7H2,1H3. The fourth-order valence-electron chi connectivity index (χ4n) is 0.922. The second-order valence-corrected chi connectivity index (χ2v) is 3.54. The number of nitrogens with zero attached hydrogens (tertiary/aromatic N) is 1. The summed E-state index contributed by atoms with van der Waals surface area (Å²) in [5.74, 6) is 0. The average Bonchev–Trinajstić information content (AvgIpc) is 2.18. The molecule has 0 bridgehead atoms. The first kappa shape index (κ1) is 11.4. The lowest BCUT2D eigenvalue weighted by molar-refractivity contribution is -0.617. The molecule has 0 unspecified atom stereocenters. The van der Waals surface area contributed by atoms with Crippen LogP contribution in [-0.4, -0.2) is 20.3 Å². The van der Waals surface area contributed by atoms with Crippen molar-refractivity contribution in [2.24, 2.45) is 0 Å². The van der Waals surface area contributed by atoms with Crippen molar-refractivity contribution in [2.45, 2.75) is 6.61 Å². The number of aromatic nitrogens is 1. The first-order valence-electron chi connectivity index (χ1n) is 4.18. The van der Waals surface area contributed by atoms with Gasteiger partial charge in [-0.2, -0.15) is 4.73 Å². The molecule has 5 heteroatoms. The van der Waals surface area contributed by atoms with Gasteiger partial charge >= 0.3 is 0 Å². The van der Waals surface area contributed by atoms with Crippen LogP contribution in [-0.2, 0) is 16.1 Å². The fraction of sp³-hybridized carbons (Fsp3) is 0.444. The highest BCUT2D eigenvalue weighted by molar-refractivity contribution is 9.10. The summed E-state index contributed by atoms with van der Waals surface area (Å²) in [5, 5.41) is 11.1. The number of pyridine rings is 1. The number of hydrogen-bond donors (Lipinski definition) is 0. The second-order valence-electron chi connectivity index (χ2n) is 2.73. The summed E-state index contributed by atoms with van der Waals surface area (Å²) in [6.07, 6.45) is 1.48. The van der Waals surface area contributed by atoms with Crippen molar-refractivity contribution < 1.29 is 14.2 Å². The van der Waals surface area contributed by atoms with E-state index in [1.807, 2.05) is 6.07 Å². The summed E-state index contributed by atoms with van der Waals surface area (Å²) >= 11 is 3.11. The minimum Gasteiger partial charge on any atom is -0.618 e. The largest absolute Gasteiger partial charge is 0.618 e. The molecule has 0 radical (unpaired) electrons. The van der Waals surface area contributed by atoms with Crippen LogP contribution in [0.15, 0.2) is 22.9 Å². The molecule has 0 amide bonds. The molecule has 1 rings (SSSR count). The van der Waals surface area contributed by atoms with Crippen LogP contribution in [0, 0.1) is 5.21 Å². The highest BCUT2D eigenvalue weighted by Crippen LogP contribution is 2.05. The Balaban J connectivity index is 2.39. The summed E-state index contributed by atoms with van der Waals surface area (Å²) in [5.41, 5.74) is 0.847. The van der Waals surface area contributed by atoms with Gasteiger partial charge in [0.05, 0.1) is 19.8 Å². The Labute approximate surface area is 91.2 Å². The molecular weight excluding hydrogens is 250 g/mol. The smallest absolute Gasteiger partial charge is 0.259 e. The molecule has 0 atom stereocenters. The molecule has 0 aliphatic rings. The Morgan fingerprint density at radius 1 is 1.43 bits per heavy atom. The molecular formula is C9H12BrNO3. The minimum atomic E-state index is 0.429. The van der Waals surface area contributed by atoms with Crippen LogP contribution in [0.3, 0.4) is 0 Å². The first-order chi connectivity index (χ1) is 6.74. The van der Waals surface area contributed by atoms with Gasteiger partial charge in [-0.1, -0.05) is 0 Å². The minimum absolute atomic E-state index is 0.429. The topological polar surface area (TPSA) is 45.4 Å². The lowest BCUT2D eigenvalue weighted by Crippen LogP contribution is -2.27. The van der Waals surface area contributed by atoms with Crippen molar-refractivity contribution >= 4 is 15.9 Å². The summed E-state index contributed by atoms with van der Waals surface area (Å²) in [6.45, 7) is 1.53. The van der Waals surface area contributed by atoms with Crippen LogP contribution in [0.25, 0.3) is 0 Å². The van der Waals surface area contributed by atoms with E-state index in [1.54, 1.807) is 13.2 Å². The number of ether oxygens (including phenoxy) is 2. The van der Waals surface area contributed by atoms with Gasteiger partial charge in [0, 0.05) is 34.7 Å². The van der Waals surface area contributed by atoms with Crippen LogP contribution in [0.2, 0.25) is 0 Å². The molecule has 0 N–H and O–H groups in total. The van der Waals surface area contributed by atoms with Crippen LogP contribution < -0.4 is 4.73 Å². The first-order valence-corrected chi connectivity index (χ1v) is 4.97. The molecule has 0 aliphatic carbocycles. The molecule has 1 aromatic heterocycles. The van der Waals surface area contributed by atoms with Gasteiger partial charge < -0.3 is 14.7 Å². The zero-order valence-electron chi connectivity index (χ0n) is 7.90. The van der Waals surface area contributed by atoms with E-state index in [0.29, 0.717) is 24.4 Å². The van der Waals surface area contributed by atoms with Crippen LogP contribution in [0.4, 0.5) is 0 Å². The van der Waals surface area contributed by atoms with Crippen molar-refractivity contribution in [1.82, 2.24) is 0 Å². The Hall–Kier alpha value is -0.650. The Bertz CT molecular complexity index is 293. The third kappa shape index (κ3) is 3.61. The van der Waals surface area contributed by atoms with E-state index in [-0.39, 0.29) is 0 Å². The van der Waals surface area contributed by atoms with Crippen molar-refractivity contribution in [1.29, 1.82) is 0 Å². The molecule has 14 heavy (non-hydrogen) atoms. The van der Waals surface area contributed by atoms with Crippen LogP contribution in [0.5, 0.6) is 0 Å². The van der Waals surface area contributed by atoms with Crippen molar-refractivity contribution in [3.05, 3.63) is 33.7 Å². The molecule has 1 heterocycles. The number of hydrogen-bond acceptors (Lipinski definition) is 3. The number of methoxy groups -OCH3 is 1. The van der Waals surface area contributed by atoms with E-state index in [2.05, 4.69) is 15.9 Å². The van der Waals surface area contributed by atoms with Gasteiger partial charge in [-0.05, 0) is 6.07 Å². The van der Waals surface area contributed by atoms with Gasteiger partial charge in [-0.25, -0.2) is 0 Å². The third-order valence-corrected chi connectivity index (χ3v) is 2.24. The molecule has 4 nitrogen and oxygen atoms in total. The number of rotatable bonds is 5. The summed E-state index contributed by atoms with van der Waals surface area (Å²) in [4.78, 5) is 0. The zero-order valence-corrected chi connectivity index (χ0v) is 9.49. The summed E-state index contributed by atoms with van der Waals surface area (Å²) in [7, 11) is 1.62. The van der Waals surface area contributed by atoms with E-state index in [4.69, 9.17) is 9.47 Å². The molecule has 0 fully saturated rings. The molecule has 1 aromatic rings. The molecule has 0 saturated carbocycles. The zero-order chi connectivity index (χ0) is 10.4. The predicted octanol–water partition coefficient (Wildman–Crippen LogP) is 1.25. The van der Waals surface area contributed by atoms with E-state index >= 15 is 0 Å². The monoisotopic (exact) mass is 261 g/mol. The van der Waals surface area contributed by atoms with E-state index < -0.39 is 0 Å². The maximum atomic E-state index is 11.1. The van der Waals surface area contributed by atoms with Crippen LogP contribution in [0.1, 0.15) is 5.56 Å². The van der Waals surface area contributed by atoms with E-state index in [9.17, 15) is 5.21 Å². The van der Waals surface area contributed by atoms with Crippen LogP contribution >= 0.6 is 15.9 Å². The highest BCUT2D eigenvalue weighted by atomic mass is 79.9. The fourth-order valence-corrected chi connectivity index (χ4v) is 1.16. The van der Waals surface area contributed by atoms with Gasteiger partial charge in [0.25, 0.3) is 4.60 Å². The maximum Gasteiger partial charge on any atom is 0.259 e. The lowest BCUT2D eigenvalue weighted by Gasteiger charge is -2.04. The quantitative estimate of drug-likeness (QED) is 0.347. The Kier molecular flexibility index (Phi) is 4.86. The highest BCUT2D eigenvalue weighted by Gasteiger charge is 2.02. The molecule has 0 aliphatic heterocycles. The molecule has 0 saturated heterocycles. The third-order valence-electron chi connectivity index (χ3n) is 1.63. The molecule has 0 spiro atoms. The maximum absolute atomic E-state index is 11.1. The van der Waals surface area contributed by atoms with Gasteiger partial charge in [0.1, 0.15) is 0 Å². The van der Waals surface area contributed by atoms with Gasteiger partial charge in [-0.15, -0.1) is 0 Å². The Morgan fingerprint density at radius 3 is 2.86 bits per heavy atom. The normalized spacial score (nSPS) is 10.4. The van der Waals surface area contributed by atoms with Crippen molar-refractivity contribution in [3.8, 4) is 0 Å². The lowest BCUT2D eigenvalue weighted by atomic mass is 10.3. The van der Waals surface area contributed by atoms with Gasteiger partial charge in [0.15, 0.2) is 6.20 Å². The van der Waals surface area contributed by atoms with Crippen molar-refractivity contribution in [2.75, 3.05) is 20.3 Å². The van der Waals surface area contributed by atoms with E-state index in [0.717, 1.165) is 10.3 Å². The number of halogens is 1. The molecule has 78 valence electrons. The van der Waals surface area contributed by atoms with Crippen molar-refractivity contribution in [3.63, 3.8) is 0 Å². The predicted molar refractivity (Wildman–Crippen MR) is 54.6 cm³/mol. The van der Waals surface area contributed by atoms with Gasteiger partial charge in [-0.3, -0.25) is 0 Å². The van der Waals surface area contributed by atoms with Gasteiger partial charge in [0.2, 0.25) is 0 Å². The van der Waals surface area contributed by atoms with E-state index in [1.165, 1.54) is 6.20 Å². The summed E-state index contributed by atoms with van der Waals surface area (Å²) in [6, 6.07) is 3.54. The summed E-state index contributed by atoms with van der Waals surface area (Å²) < 4.78 is 11.3. The second kappa shape index (κ2) is 5.95. The average molecular weight is 262 g/mol.